The molecule has 1 heterocycles. The fraction of sp³-hybridized carbons (Fsp3) is 0. The number of anilines is 4. The molecule has 0 amide bonds. The monoisotopic (exact) mass is 849 g/mol. The molecule has 0 aliphatic carbocycles. The first-order chi connectivity index (χ1) is 31.8. The van der Waals surface area contributed by atoms with Crippen LogP contribution in [-0.2, 0) is 0 Å². The van der Waals surface area contributed by atoms with Crippen LogP contribution in [0.5, 0.6) is 46.0 Å². The molecule has 0 aliphatic heterocycles. The summed E-state index contributed by atoms with van der Waals surface area (Å²) in [6, 6.07) is 66.3. The highest BCUT2D eigenvalue weighted by Crippen LogP contribution is 2.48. The lowest BCUT2D eigenvalue weighted by Gasteiger charge is -2.17. The van der Waals surface area contributed by atoms with Crippen molar-refractivity contribution in [1.29, 1.82) is 0 Å². The van der Waals surface area contributed by atoms with E-state index in [4.69, 9.17) is 41.9 Å². The largest absolute Gasteiger partial charge is 0.457 e. The number of fused-ring (bicyclic) bond motifs is 1. The van der Waals surface area contributed by atoms with Crippen LogP contribution in [0.25, 0.3) is 55.5 Å². The molecule has 1 aromatic heterocycles. The zero-order valence-electron chi connectivity index (χ0n) is 35.1. The summed E-state index contributed by atoms with van der Waals surface area (Å²) in [5.41, 5.74) is 35.2. The minimum Gasteiger partial charge on any atom is -0.457 e. The number of rotatable bonds is 12. The molecule has 0 bridgehead atoms. The van der Waals surface area contributed by atoms with Crippen LogP contribution in [0.4, 0.5) is 22.7 Å². The van der Waals surface area contributed by atoms with Gasteiger partial charge in [-0.3, -0.25) is 0 Å². The van der Waals surface area contributed by atoms with E-state index in [2.05, 4.69) is 59.6 Å². The van der Waals surface area contributed by atoms with Crippen molar-refractivity contribution in [3.05, 3.63) is 206 Å². The molecule has 0 atom stereocenters. The Morgan fingerprint density at radius 3 is 1.12 bits per heavy atom. The van der Waals surface area contributed by atoms with Crippen molar-refractivity contribution in [2.45, 2.75) is 0 Å². The van der Waals surface area contributed by atoms with Crippen LogP contribution in [0.1, 0.15) is 0 Å². The number of nitrogens with two attached hydrogens (primary N) is 4. The number of hydrogen-bond donors (Lipinski definition) is 5. The van der Waals surface area contributed by atoms with E-state index in [0.29, 0.717) is 68.7 Å². The summed E-state index contributed by atoms with van der Waals surface area (Å²) in [5.74, 6) is 5.44. The van der Waals surface area contributed by atoms with Crippen LogP contribution in [0.2, 0.25) is 0 Å². The Kier molecular flexibility index (Phi) is 10.7. The molecule has 0 fully saturated rings. The second-order valence-corrected chi connectivity index (χ2v) is 15.6. The summed E-state index contributed by atoms with van der Waals surface area (Å²) in [5, 5.41) is 1.00. The van der Waals surface area contributed by atoms with Gasteiger partial charge in [0.15, 0.2) is 0 Å². The SMILES string of the molecule is Nc1ccc(Oc2ccc(-c3c(-c4cccc(Oc5ccc(N)cc5)c4)[nH]c4ccc(-c5cccc(Oc6ccc(N)cc6)c5)c(-c5cccc(Oc6ccc(N)cc6)c5)c34)cc2)cc1. The van der Waals surface area contributed by atoms with Gasteiger partial charge in [0, 0.05) is 44.8 Å². The first kappa shape index (κ1) is 40.0. The second kappa shape index (κ2) is 17.4. The molecule has 0 saturated carbocycles. The van der Waals surface area contributed by atoms with Crippen molar-refractivity contribution >= 4 is 33.7 Å². The Morgan fingerprint density at radius 2 is 0.662 bits per heavy atom. The lowest BCUT2D eigenvalue weighted by molar-refractivity contribution is 0.482. The third-order valence-electron chi connectivity index (χ3n) is 11.0. The van der Waals surface area contributed by atoms with Crippen molar-refractivity contribution in [1.82, 2.24) is 4.98 Å². The first-order valence-electron chi connectivity index (χ1n) is 21.0. The number of hydrogen-bond acceptors (Lipinski definition) is 8. The van der Waals surface area contributed by atoms with Crippen LogP contribution < -0.4 is 41.9 Å². The van der Waals surface area contributed by atoms with Gasteiger partial charge in [0.1, 0.15) is 46.0 Å². The zero-order chi connectivity index (χ0) is 44.3. The molecule has 316 valence electrons. The molecule has 10 rings (SSSR count). The van der Waals surface area contributed by atoms with Crippen LogP contribution in [-0.4, -0.2) is 4.98 Å². The second-order valence-electron chi connectivity index (χ2n) is 15.6. The molecule has 0 aliphatic rings. The maximum Gasteiger partial charge on any atom is 0.128 e. The van der Waals surface area contributed by atoms with E-state index in [1.54, 1.807) is 0 Å². The number of aromatic nitrogens is 1. The third kappa shape index (κ3) is 8.84. The van der Waals surface area contributed by atoms with E-state index < -0.39 is 0 Å². The summed E-state index contributed by atoms with van der Waals surface area (Å²) in [4.78, 5) is 3.84. The fourth-order valence-corrected chi connectivity index (χ4v) is 7.87. The molecular weight excluding hydrogens is 807 g/mol. The average Bonchev–Trinajstić information content (AvgIpc) is 3.72. The van der Waals surface area contributed by atoms with Crippen molar-refractivity contribution in [2.24, 2.45) is 0 Å². The minimum absolute atomic E-state index is 0.660. The normalized spacial score (nSPS) is 11.0. The number of H-pyrrole nitrogens is 1. The molecular formula is C56H43N5O4. The highest BCUT2D eigenvalue weighted by molar-refractivity contribution is 6.14. The van der Waals surface area contributed by atoms with Gasteiger partial charge in [-0.05, 0) is 179 Å². The predicted octanol–water partition coefficient (Wildman–Crippen LogP) is 14.3. The topological polar surface area (TPSA) is 157 Å². The number of benzene rings is 9. The zero-order valence-corrected chi connectivity index (χ0v) is 35.1. The van der Waals surface area contributed by atoms with E-state index in [0.717, 1.165) is 55.5 Å². The smallest absolute Gasteiger partial charge is 0.128 e. The van der Waals surface area contributed by atoms with E-state index in [-0.39, 0.29) is 0 Å². The van der Waals surface area contributed by atoms with Gasteiger partial charge in [-0.1, -0.05) is 54.6 Å². The van der Waals surface area contributed by atoms with Crippen molar-refractivity contribution in [2.75, 3.05) is 22.9 Å². The van der Waals surface area contributed by atoms with Crippen LogP contribution >= 0.6 is 0 Å². The van der Waals surface area contributed by atoms with Gasteiger partial charge in [-0.25, -0.2) is 0 Å². The van der Waals surface area contributed by atoms with Gasteiger partial charge >= 0.3 is 0 Å². The quantitative estimate of drug-likeness (QED) is 0.0761. The Bertz CT molecular complexity index is 3270. The molecule has 9 nitrogen and oxygen atoms in total. The van der Waals surface area contributed by atoms with Crippen LogP contribution in [0.15, 0.2) is 206 Å². The van der Waals surface area contributed by atoms with Gasteiger partial charge in [0.05, 0.1) is 5.69 Å². The summed E-state index contributed by atoms with van der Waals surface area (Å²) in [6.45, 7) is 0. The molecule has 0 radical (unpaired) electrons. The lowest BCUT2D eigenvalue weighted by Crippen LogP contribution is -1.92. The van der Waals surface area contributed by atoms with E-state index >= 15 is 0 Å². The first-order valence-corrected chi connectivity index (χ1v) is 21.0. The predicted molar refractivity (Wildman–Crippen MR) is 264 cm³/mol. The Morgan fingerprint density at radius 1 is 0.292 bits per heavy atom. The van der Waals surface area contributed by atoms with Crippen molar-refractivity contribution in [3.8, 4) is 90.6 Å². The van der Waals surface area contributed by atoms with Crippen LogP contribution in [0.3, 0.4) is 0 Å². The van der Waals surface area contributed by atoms with Gasteiger partial charge < -0.3 is 46.9 Å². The summed E-state index contributed by atoms with van der Waals surface area (Å²) in [7, 11) is 0. The maximum absolute atomic E-state index is 6.44. The molecule has 9 N–H and O–H groups in total. The highest BCUT2D eigenvalue weighted by atomic mass is 16.5. The fourth-order valence-electron chi connectivity index (χ4n) is 7.87. The highest BCUT2D eigenvalue weighted by Gasteiger charge is 2.23. The van der Waals surface area contributed by atoms with E-state index in [1.807, 2.05) is 152 Å². The molecule has 65 heavy (non-hydrogen) atoms. The van der Waals surface area contributed by atoms with Crippen molar-refractivity contribution < 1.29 is 18.9 Å². The summed E-state index contributed by atoms with van der Waals surface area (Å²) < 4.78 is 25.4. The van der Waals surface area contributed by atoms with Crippen molar-refractivity contribution in [3.63, 3.8) is 0 Å². The molecule has 9 aromatic carbocycles. The molecule has 9 heteroatoms. The van der Waals surface area contributed by atoms with E-state index in [1.165, 1.54) is 0 Å². The lowest BCUT2D eigenvalue weighted by atomic mass is 9.87. The average molecular weight is 850 g/mol. The Balaban J connectivity index is 1.17. The Labute approximate surface area is 376 Å². The Hall–Kier alpha value is -9.08. The summed E-state index contributed by atoms with van der Waals surface area (Å²) >= 11 is 0. The third-order valence-corrected chi connectivity index (χ3v) is 11.0. The van der Waals surface area contributed by atoms with Gasteiger partial charge in [0.2, 0.25) is 0 Å². The molecule has 0 spiro atoms. The molecule has 0 unspecified atom stereocenters. The number of aromatic amines is 1. The molecule has 10 aromatic rings. The maximum atomic E-state index is 6.44. The van der Waals surface area contributed by atoms with Gasteiger partial charge in [-0.15, -0.1) is 0 Å². The number of nitrogens with one attached hydrogen (secondary N) is 1. The van der Waals surface area contributed by atoms with Gasteiger partial charge in [-0.2, -0.15) is 0 Å². The number of nitrogen functional groups attached to an aromatic ring is 4. The van der Waals surface area contributed by atoms with Gasteiger partial charge in [0.25, 0.3) is 0 Å². The van der Waals surface area contributed by atoms with Crippen LogP contribution in [0, 0.1) is 0 Å². The van der Waals surface area contributed by atoms with E-state index in [9.17, 15) is 0 Å². The number of ether oxygens (including phenoxy) is 4. The minimum atomic E-state index is 0.660. The summed E-state index contributed by atoms with van der Waals surface area (Å²) in [6.07, 6.45) is 0. The molecule has 0 saturated heterocycles. The standard InChI is InChI=1S/C56H43N5O4/c57-39-12-22-44(23-13-39)62-43-20-10-35(11-21-43)54-55-52(61-56(54)38-6-3-9-50(34-38)65-47-28-18-42(60)19-29-47)31-30-51(36-4-1-7-48(32-36)63-45-24-14-40(58)15-25-45)53(55)37-5-2-8-49(33-37)64-46-26-16-41(59)17-27-46/h1-34,61H,57-60H2.